The number of halogens is 3. The Morgan fingerprint density at radius 3 is 2.48 bits per heavy atom. The van der Waals surface area contributed by atoms with E-state index in [1.807, 2.05) is 37.3 Å². The summed E-state index contributed by atoms with van der Waals surface area (Å²) >= 11 is 0. The van der Waals surface area contributed by atoms with Gasteiger partial charge in [-0.05, 0) is 36.2 Å². The van der Waals surface area contributed by atoms with Crippen molar-refractivity contribution in [2.45, 2.75) is 13.1 Å². The Hall–Kier alpha value is -2.62. The van der Waals surface area contributed by atoms with Crippen LogP contribution in [-0.4, -0.2) is 4.98 Å². The zero-order valence-electron chi connectivity index (χ0n) is 12.4. The molecule has 0 aliphatic rings. The van der Waals surface area contributed by atoms with E-state index in [1.165, 1.54) is 12.1 Å². The molecule has 0 amide bonds. The van der Waals surface area contributed by atoms with Crippen LogP contribution in [0.25, 0.3) is 28.1 Å². The molecule has 0 fully saturated rings. The van der Waals surface area contributed by atoms with Gasteiger partial charge in [0.2, 0.25) is 0 Å². The number of nitrogens with zero attached hydrogens (tertiary/aromatic N) is 1. The Bertz CT molecular complexity index is 874. The van der Waals surface area contributed by atoms with Gasteiger partial charge in [0.15, 0.2) is 0 Å². The standard InChI is InChI=1S/C19H14F3N/c1-2-5-13-9-10-15(19(20,21)22)12-17(13)16-8-3-6-14-7-4-11-23-18(14)16/h2-12H,1H3/b5-2+. The fraction of sp³-hybridized carbons (Fsp3) is 0.105. The third-order valence-corrected chi connectivity index (χ3v) is 3.65. The van der Waals surface area contributed by atoms with Crippen LogP contribution >= 0.6 is 0 Å². The first kappa shape index (κ1) is 15.3. The van der Waals surface area contributed by atoms with E-state index < -0.39 is 11.7 Å². The maximum atomic E-state index is 13.1. The maximum absolute atomic E-state index is 13.1. The van der Waals surface area contributed by atoms with Crippen molar-refractivity contribution in [1.29, 1.82) is 0 Å². The van der Waals surface area contributed by atoms with Crippen LogP contribution in [-0.2, 0) is 6.18 Å². The lowest BCUT2D eigenvalue weighted by atomic mass is 9.95. The minimum absolute atomic E-state index is 0.530. The fourth-order valence-electron chi connectivity index (χ4n) is 2.61. The van der Waals surface area contributed by atoms with Gasteiger partial charge in [-0.15, -0.1) is 0 Å². The first-order chi connectivity index (χ1) is 11.0. The number of alkyl halides is 3. The van der Waals surface area contributed by atoms with Crippen molar-refractivity contribution < 1.29 is 13.2 Å². The molecule has 0 saturated carbocycles. The van der Waals surface area contributed by atoms with Gasteiger partial charge < -0.3 is 0 Å². The number of aromatic nitrogens is 1. The average molecular weight is 313 g/mol. The van der Waals surface area contributed by atoms with Crippen molar-refractivity contribution in [3.8, 4) is 11.1 Å². The number of benzene rings is 2. The highest BCUT2D eigenvalue weighted by Gasteiger charge is 2.31. The lowest BCUT2D eigenvalue weighted by Gasteiger charge is -2.13. The van der Waals surface area contributed by atoms with Crippen LogP contribution in [0.5, 0.6) is 0 Å². The molecule has 0 N–H and O–H groups in total. The van der Waals surface area contributed by atoms with Gasteiger partial charge in [0.1, 0.15) is 0 Å². The number of allylic oxidation sites excluding steroid dienone is 1. The molecular weight excluding hydrogens is 299 g/mol. The summed E-state index contributed by atoms with van der Waals surface area (Å²) in [6.45, 7) is 1.84. The normalized spacial score (nSPS) is 12.2. The summed E-state index contributed by atoms with van der Waals surface area (Å²) in [6, 6.07) is 13.0. The average Bonchev–Trinajstić information content (AvgIpc) is 2.54. The third-order valence-electron chi connectivity index (χ3n) is 3.65. The number of pyridine rings is 1. The van der Waals surface area contributed by atoms with Crippen LogP contribution in [0.2, 0.25) is 0 Å². The van der Waals surface area contributed by atoms with Crippen LogP contribution in [0.1, 0.15) is 18.1 Å². The van der Waals surface area contributed by atoms with Gasteiger partial charge in [-0.3, -0.25) is 4.98 Å². The van der Waals surface area contributed by atoms with E-state index in [0.29, 0.717) is 16.6 Å². The minimum atomic E-state index is -4.37. The second-order valence-electron chi connectivity index (χ2n) is 5.18. The predicted molar refractivity (Wildman–Crippen MR) is 86.9 cm³/mol. The minimum Gasteiger partial charge on any atom is -0.256 e. The summed E-state index contributed by atoms with van der Waals surface area (Å²) < 4.78 is 39.2. The molecule has 116 valence electrons. The Labute approximate surface area is 132 Å². The molecule has 1 heterocycles. The molecule has 3 aromatic rings. The number of hydrogen-bond acceptors (Lipinski definition) is 1. The molecule has 0 unspecified atom stereocenters. The van der Waals surface area contributed by atoms with E-state index in [2.05, 4.69) is 4.98 Å². The van der Waals surface area contributed by atoms with E-state index in [0.717, 1.165) is 17.0 Å². The molecular formula is C19H14F3N. The molecule has 1 nitrogen and oxygen atoms in total. The van der Waals surface area contributed by atoms with Crippen LogP contribution in [0, 0.1) is 0 Å². The molecule has 0 bridgehead atoms. The summed E-state index contributed by atoms with van der Waals surface area (Å²) in [5.74, 6) is 0. The van der Waals surface area contributed by atoms with E-state index >= 15 is 0 Å². The van der Waals surface area contributed by atoms with Gasteiger partial charge >= 0.3 is 6.18 Å². The highest BCUT2D eigenvalue weighted by Crippen LogP contribution is 2.36. The summed E-state index contributed by atoms with van der Waals surface area (Å²) in [5, 5.41) is 0.897. The number of fused-ring (bicyclic) bond motifs is 1. The van der Waals surface area contributed by atoms with Gasteiger partial charge in [0, 0.05) is 17.1 Å². The van der Waals surface area contributed by atoms with E-state index in [9.17, 15) is 13.2 Å². The Balaban J connectivity index is 2.32. The first-order valence-electron chi connectivity index (χ1n) is 7.19. The van der Waals surface area contributed by atoms with Crippen molar-refractivity contribution in [2.75, 3.05) is 0 Å². The fourth-order valence-corrected chi connectivity index (χ4v) is 2.61. The highest BCUT2D eigenvalue weighted by atomic mass is 19.4. The maximum Gasteiger partial charge on any atom is 0.416 e. The molecule has 0 aliphatic carbocycles. The summed E-state index contributed by atoms with van der Waals surface area (Å²) in [6.07, 6.45) is 0.887. The predicted octanol–water partition coefficient (Wildman–Crippen LogP) is 5.95. The quantitative estimate of drug-likeness (QED) is 0.569. The summed E-state index contributed by atoms with van der Waals surface area (Å²) in [4.78, 5) is 4.35. The Morgan fingerprint density at radius 2 is 1.74 bits per heavy atom. The molecule has 0 aliphatic heterocycles. The molecule has 0 spiro atoms. The molecule has 1 aromatic heterocycles. The lowest BCUT2D eigenvalue weighted by Crippen LogP contribution is -2.05. The van der Waals surface area contributed by atoms with Crippen molar-refractivity contribution in [2.24, 2.45) is 0 Å². The number of para-hydroxylation sites is 1. The topological polar surface area (TPSA) is 12.9 Å². The molecule has 0 radical (unpaired) electrons. The van der Waals surface area contributed by atoms with Gasteiger partial charge in [0.05, 0.1) is 11.1 Å². The van der Waals surface area contributed by atoms with Gasteiger partial charge in [-0.2, -0.15) is 13.2 Å². The summed E-state index contributed by atoms with van der Waals surface area (Å²) in [5.41, 5.74) is 2.00. The zero-order valence-corrected chi connectivity index (χ0v) is 12.4. The van der Waals surface area contributed by atoms with Crippen LogP contribution < -0.4 is 0 Å². The first-order valence-corrected chi connectivity index (χ1v) is 7.19. The smallest absolute Gasteiger partial charge is 0.256 e. The van der Waals surface area contributed by atoms with Crippen LogP contribution in [0.4, 0.5) is 13.2 Å². The molecule has 0 saturated heterocycles. The highest BCUT2D eigenvalue weighted by molar-refractivity contribution is 5.95. The van der Waals surface area contributed by atoms with Crippen molar-refractivity contribution in [1.82, 2.24) is 4.98 Å². The number of hydrogen-bond donors (Lipinski definition) is 0. The molecule has 3 rings (SSSR count). The van der Waals surface area contributed by atoms with Gasteiger partial charge in [0.25, 0.3) is 0 Å². The van der Waals surface area contributed by atoms with Crippen molar-refractivity contribution in [3.05, 3.63) is 71.9 Å². The van der Waals surface area contributed by atoms with Gasteiger partial charge in [-0.1, -0.05) is 42.5 Å². The SMILES string of the molecule is C/C=C/c1ccc(C(F)(F)F)cc1-c1cccc2cccnc12. The largest absolute Gasteiger partial charge is 0.416 e. The second-order valence-corrected chi connectivity index (χ2v) is 5.18. The second kappa shape index (κ2) is 5.88. The van der Waals surface area contributed by atoms with E-state index in [-0.39, 0.29) is 0 Å². The lowest BCUT2D eigenvalue weighted by molar-refractivity contribution is -0.137. The zero-order chi connectivity index (χ0) is 16.4. The van der Waals surface area contributed by atoms with Crippen LogP contribution in [0.15, 0.2) is 60.8 Å². The Kier molecular flexibility index (Phi) is 3.90. The number of rotatable bonds is 2. The van der Waals surface area contributed by atoms with Crippen molar-refractivity contribution >= 4 is 17.0 Å². The third kappa shape index (κ3) is 2.97. The van der Waals surface area contributed by atoms with Crippen LogP contribution in [0.3, 0.4) is 0 Å². The molecule has 2 aromatic carbocycles. The Morgan fingerprint density at radius 1 is 0.957 bits per heavy atom. The van der Waals surface area contributed by atoms with E-state index in [1.54, 1.807) is 18.3 Å². The van der Waals surface area contributed by atoms with Crippen molar-refractivity contribution in [3.63, 3.8) is 0 Å². The molecule has 4 heteroatoms. The molecule has 0 atom stereocenters. The monoisotopic (exact) mass is 313 g/mol. The van der Waals surface area contributed by atoms with Gasteiger partial charge in [-0.25, -0.2) is 0 Å². The summed E-state index contributed by atoms with van der Waals surface area (Å²) in [7, 11) is 0. The van der Waals surface area contributed by atoms with E-state index in [4.69, 9.17) is 0 Å². The molecule has 23 heavy (non-hydrogen) atoms.